The molecule has 0 aromatic heterocycles. The number of fused-ring (bicyclic) bond motifs is 1. The van der Waals surface area contributed by atoms with Crippen LogP contribution in [0.2, 0.25) is 0 Å². The molecule has 0 amide bonds. The fourth-order valence-corrected chi connectivity index (χ4v) is 4.52. The number of carbonyl (C=O) groups is 3. The molecule has 0 aromatic carbocycles. The van der Waals surface area contributed by atoms with Gasteiger partial charge in [-0.3, -0.25) is 14.4 Å². The maximum atomic E-state index is 11.9. The first kappa shape index (κ1) is 10.3. The Kier molecular flexibility index (Phi) is 1.73. The normalized spacial score (nSPS) is 48.9. The third kappa shape index (κ3) is 0.970. The zero-order chi connectivity index (χ0) is 12.6. The summed E-state index contributed by atoms with van der Waals surface area (Å²) in [6.07, 6.45) is 1.63. The number of hydrogen-bond donors (Lipinski definition) is 0. The van der Waals surface area contributed by atoms with E-state index in [1.165, 1.54) is 0 Å². The zero-order valence-electron chi connectivity index (χ0n) is 9.63. The highest BCUT2D eigenvalue weighted by molar-refractivity contribution is 5.98. The maximum absolute atomic E-state index is 11.9. The topological polar surface area (TPSA) is 69.7 Å². The average Bonchev–Trinajstić information content (AvgIpc) is 2.81. The van der Waals surface area contributed by atoms with Gasteiger partial charge in [0.2, 0.25) is 0 Å². The molecule has 0 N–H and O–H groups in total. The number of rotatable bonds is 0. The van der Waals surface area contributed by atoms with E-state index in [1.807, 2.05) is 0 Å². The summed E-state index contributed by atoms with van der Waals surface area (Å²) in [6, 6.07) is 0. The summed E-state index contributed by atoms with van der Waals surface area (Å²) in [5.74, 6) is -2.06. The van der Waals surface area contributed by atoms with Gasteiger partial charge in [0.25, 0.3) is 0 Å². The number of carbonyl (C=O) groups excluding carboxylic acids is 3. The largest absolute Gasteiger partial charge is 0.431 e. The van der Waals surface area contributed by atoms with Gasteiger partial charge in [0.1, 0.15) is 5.76 Å². The predicted molar refractivity (Wildman–Crippen MR) is 56.5 cm³/mol. The minimum Gasteiger partial charge on any atom is -0.431 e. The Morgan fingerprint density at radius 2 is 1.22 bits per heavy atom. The first-order valence-corrected chi connectivity index (χ1v) is 6.25. The van der Waals surface area contributed by atoms with Crippen LogP contribution in [0, 0.1) is 35.5 Å². The van der Waals surface area contributed by atoms with E-state index in [4.69, 9.17) is 9.47 Å². The summed E-state index contributed by atoms with van der Waals surface area (Å²) in [5, 5.41) is 0. The molecule has 2 saturated heterocycles. The monoisotopic (exact) mass is 248 g/mol. The van der Waals surface area contributed by atoms with Crippen molar-refractivity contribution >= 4 is 17.9 Å². The van der Waals surface area contributed by atoms with Crippen molar-refractivity contribution in [3.63, 3.8) is 0 Å². The van der Waals surface area contributed by atoms with Crippen LogP contribution in [0.25, 0.3) is 0 Å². The Balaban J connectivity index is 1.84. The minimum atomic E-state index is -0.455. The van der Waals surface area contributed by atoms with Crippen molar-refractivity contribution in [2.45, 2.75) is 12.8 Å². The molecular formula is C13H12O5. The molecule has 0 spiro atoms. The molecule has 5 heteroatoms. The smallest absolute Gasteiger partial charge is 0.317 e. The predicted octanol–water partition coefficient (Wildman–Crippen LogP) is 0.645. The number of allylic oxidation sites excluding steroid dienone is 1. The standard InChI is InChI=1S/C13H12O5/c1-4-7-5-2-3-6(8(7)11(14)17-4)10-9(5)12(15)18-13(10)16/h5-10H,1-3H2. The highest BCUT2D eigenvalue weighted by atomic mass is 16.6. The van der Waals surface area contributed by atoms with E-state index in [0.29, 0.717) is 5.76 Å². The van der Waals surface area contributed by atoms with E-state index in [1.54, 1.807) is 0 Å². The molecule has 2 bridgehead atoms. The van der Waals surface area contributed by atoms with Crippen molar-refractivity contribution in [3.8, 4) is 0 Å². The fourth-order valence-electron chi connectivity index (χ4n) is 4.52. The van der Waals surface area contributed by atoms with E-state index in [-0.39, 0.29) is 35.6 Å². The third-order valence-electron chi connectivity index (χ3n) is 5.07. The van der Waals surface area contributed by atoms with Gasteiger partial charge in [-0.25, -0.2) is 0 Å². The fraction of sp³-hybridized carbons (Fsp3) is 0.615. The van der Waals surface area contributed by atoms with Crippen LogP contribution in [0.3, 0.4) is 0 Å². The SMILES string of the molecule is C=C1OC(=O)C2C3CCC(C12)C1C(=O)OC(=O)C31. The van der Waals surface area contributed by atoms with E-state index >= 15 is 0 Å². The lowest BCUT2D eigenvalue weighted by Crippen LogP contribution is -2.52. The van der Waals surface area contributed by atoms with Crippen molar-refractivity contribution < 1.29 is 23.9 Å². The minimum absolute atomic E-state index is 0.0251. The quantitative estimate of drug-likeness (QED) is 0.465. The zero-order valence-corrected chi connectivity index (χ0v) is 9.63. The van der Waals surface area contributed by atoms with Crippen molar-refractivity contribution in [3.05, 3.63) is 12.3 Å². The number of cyclic esters (lactones) is 3. The Labute approximate surface area is 103 Å². The summed E-state index contributed by atoms with van der Waals surface area (Å²) in [4.78, 5) is 35.4. The molecule has 5 nitrogen and oxygen atoms in total. The van der Waals surface area contributed by atoms with Gasteiger partial charge < -0.3 is 9.47 Å². The molecule has 18 heavy (non-hydrogen) atoms. The molecule has 2 heterocycles. The van der Waals surface area contributed by atoms with Gasteiger partial charge in [-0.1, -0.05) is 6.58 Å². The van der Waals surface area contributed by atoms with Crippen LogP contribution in [0.4, 0.5) is 0 Å². The first-order chi connectivity index (χ1) is 8.59. The van der Waals surface area contributed by atoms with E-state index < -0.39 is 17.9 Å². The maximum Gasteiger partial charge on any atom is 0.317 e. The van der Waals surface area contributed by atoms with Crippen molar-refractivity contribution in [1.82, 2.24) is 0 Å². The van der Waals surface area contributed by atoms with E-state index in [0.717, 1.165) is 12.8 Å². The summed E-state index contributed by atoms with van der Waals surface area (Å²) < 4.78 is 9.89. The molecule has 2 aliphatic heterocycles. The van der Waals surface area contributed by atoms with Crippen molar-refractivity contribution in [2.24, 2.45) is 35.5 Å². The molecule has 6 unspecified atom stereocenters. The second-order valence-corrected chi connectivity index (χ2v) is 5.64. The van der Waals surface area contributed by atoms with Crippen molar-refractivity contribution in [1.29, 1.82) is 0 Å². The molecule has 6 atom stereocenters. The third-order valence-corrected chi connectivity index (χ3v) is 5.07. The highest BCUT2D eigenvalue weighted by Gasteiger charge is 2.67. The van der Waals surface area contributed by atoms with Crippen LogP contribution in [0.15, 0.2) is 12.3 Å². The van der Waals surface area contributed by atoms with Gasteiger partial charge in [-0.15, -0.1) is 0 Å². The van der Waals surface area contributed by atoms with Gasteiger partial charge in [0.15, 0.2) is 0 Å². The second kappa shape index (κ2) is 3.02. The molecule has 94 valence electrons. The Morgan fingerprint density at radius 3 is 1.83 bits per heavy atom. The van der Waals surface area contributed by atoms with Crippen LogP contribution >= 0.6 is 0 Å². The molecular weight excluding hydrogens is 236 g/mol. The van der Waals surface area contributed by atoms with Crippen LogP contribution < -0.4 is 0 Å². The highest BCUT2D eigenvalue weighted by Crippen LogP contribution is 2.61. The van der Waals surface area contributed by atoms with Crippen LogP contribution in [-0.4, -0.2) is 17.9 Å². The Morgan fingerprint density at radius 1 is 0.778 bits per heavy atom. The van der Waals surface area contributed by atoms with Crippen LogP contribution in [-0.2, 0) is 23.9 Å². The average molecular weight is 248 g/mol. The first-order valence-electron chi connectivity index (χ1n) is 6.25. The molecule has 0 radical (unpaired) electrons. The summed E-state index contributed by atoms with van der Waals surface area (Å²) in [6.45, 7) is 3.79. The number of ether oxygens (including phenoxy) is 2. The lowest BCUT2D eigenvalue weighted by Gasteiger charge is -2.47. The van der Waals surface area contributed by atoms with Crippen LogP contribution in [0.1, 0.15) is 12.8 Å². The molecule has 5 aliphatic rings. The van der Waals surface area contributed by atoms with Gasteiger partial charge in [-0.05, 0) is 24.7 Å². The molecule has 3 aliphatic carbocycles. The molecule has 0 aromatic rings. The Bertz CT molecular complexity index is 422. The van der Waals surface area contributed by atoms with E-state index in [2.05, 4.69) is 6.58 Å². The van der Waals surface area contributed by atoms with Gasteiger partial charge in [-0.2, -0.15) is 0 Å². The summed E-state index contributed by atoms with van der Waals surface area (Å²) in [7, 11) is 0. The Hall–Kier alpha value is -1.65. The summed E-state index contributed by atoms with van der Waals surface area (Å²) >= 11 is 0. The second-order valence-electron chi connectivity index (χ2n) is 5.64. The molecule has 5 fully saturated rings. The van der Waals surface area contributed by atoms with Gasteiger partial charge >= 0.3 is 17.9 Å². The summed E-state index contributed by atoms with van der Waals surface area (Å²) in [5.41, 5.74) is 0. The van der Waals surface area contributed by atoms with Crippen molar-refractivity contribution in [2.75, 3.05) is 0 Å². The lowest BCUT2D eigenvalue weighted by atomic mass is 9.51. The van der Waals surface area contributed by atoms with Gasteiger partial charge in [0, 0.05) is 5.92 Å². The van der Waals surface area contributed by atoms with Crippen LogP contribution in [0.5, 0.6) is 0 Å². The van der Waals surface area contributed by atoms with Gasteiger partial charge in [0.05, 0.1) is 17.8 Å². The molecule has 3 saturated carbocycles. The number of hydrogen-bond acceptors (Lipinski definition) is 5. The lowest BCUT2D eigenvalue weighted by molar-refractivity contribution is -0.154. The number of esters is 3. The van der Waals surface area contributed by atoms with E-state index in [9.17, 15) is 14.4 Å². The molecule has 5 rings (SSSR count).